The lowest BCUT2D eigenvalue weighted by Gasteiger charge is -2.08. The minimum Gasteiger partial charge on any atom is -0.340 e. The standard InChI is InChI=1S/C12H11BrFN3/c13-7-3-9-10(4-8(7)14)17-11(16-9)12-5-6(12)1-2-15-12/h3-4,6,15H,1-2,5H2,(H,16,17)/t6-,12+/m1/s1. The number of H-pyrrole nitrogens is 1. The van der Waals surface area contributed by atoms with Crippen LogP contribution < -0.4 is 5.32 Å². The number of aromatic nitrogens is 2. The molecule has 0 spiro atoms. The molecule has 2 N–H and O–H groups in total. The van der Waals surface area contributed by atoms with Crippen LogP contribution in [0.15, 0.2) is 16.6 Å². The number of fused-ring (bicyclic) bond motifs is 2. The maximum atomic E-state index is 13.4. The average molecular weight is 296 g/mol. The summed E-state index contributed by atoms with van der Waals surface area (Å²) in [5.41, 5.74) is 1.65. The first kappa shape index (κ1) is 10.0. The summed E-state index contributed by atoms with van der Waals surface area (Å²) in [6.07, 6.45) is 2.37. The molecule has 2 heterocycles. The van der Waals surface area contributed by atoms with Crippen molar-refractivity contribution < 1.29 is 4.39 Å². The Kier molecular flexibility index (Phi) is 1.82. The van der Waals surface area contributed by atoms with Gasteiger partial charge in [0.2, 0.25) is 0 Å². The van der Waals surface area contributed by atoms with Crippen LogP contribution in [0, 0.1) is 11.7 Å². The summed E-state index contributed by atoms with van der Waals surface area (Å²) in [5, 5.41) is 3.51. The smallest absolute Gasteiger partial charge is 0.139 e. The monoisotopic (exact) mass is 295 g/mol. The number of rotatable bonds is 1. The quantitative estimate of drug-likeness (QED) is 0.849. The molecule has 5 heteroatoms. The number of halogens is 2. The molecule has 17 heavy (non-hydrogen) atoms. The van der Waals surface area contributed by atoms with Crippen LogP contribution in [-0.2, 0) is 5.54 Å². The van der Waals surface area contributed by atoms with Crippen molar-refractivity contribution >= 4 is 27.0 Å². The zero-order chi connectivity index (χ0) is 11.6. The van der Waals surface area contributed by atoms with Gasteiger partial charge in [0.25, 0.3) is 0 Å². The van der Waals surface area contributed by atoms with Crippen LogP contribution in [0.2, 0.25) is 0 Å². The maximum absolute atomic E-state index is 13.4. The normalized spacial score (nSPS) is 30.8. The molecule has 1 aromatic heterocycles. The second-order valence-electron chi connectivity index (χ2n) is 4.96. The van der Waals surface area contributed by atoms with E-state index in [2.05, 4.69) is 31.2 Å². The largest absolute Gasteiger partial charge is 0.340 e. The van der Waals surface area contributed by atoms with Gasteiger partial charge in [-0.2, -0.15) is 0 Å². The molecule has 0 amide bonds. The van der Waals surface area contributed by atoms with Gasteiger partial charge in [-0.15, -0.1) is 0 Å². The first-order valence-electron chi connectivity index (χ1n) is 5.79. The summed E-state index contributed by atoms with van der Waals surface area (Å²) >= 11 is 3.19. The van der Waals surface area contributed by atoms with Gasteiger partial charge in [0.1, 0.15) is 11.6 Å². The highest BCUT2D eigenvalue weighted by atomic mass is 79.9. The molecular weight excluding hydrogens is 285 g/mol. The van der Waals surface area contributed by atoms with Crippen LogP contribution in [0.5, 0.6) is 0 Å². The van der Waals surface area contributed by atoms with Crippen molar-refractivity contribution in [1.29, 1.82) is 0 Å². The molecule has 2 aliphatic rings. The molecule has 2 aromatic rings. The van der Waals surface area contributed by atoms with Crippen molar-refractivity contribution in [2.45, 2.75) is 18.4 Å². The van der Waals surface area contributed by atoms with E-state index < -0.39 is 0 Å². The van der Waals surface area contributed by atoms with Gasteiger partial charge in [0, 0.05) is 6.07 Å². The van der Waals surface area contributed by atoms with E-state index >= 15 is 0 Å². The lowest BCUT2D eigenvalue weighted by molar-refractivity contribution is 0.551. The van der Waals surface area contributed by atoms with E-state index in [1.165, 1.54) is 12.5 Å². The molecule has 2 fully saturated rings. The van der Waals surface area contributed by atoms with E-state index in [0.717, 1.165) is 29.8 Å². The number of nitrogens with one attached hydrogen (secondary N) is 2. The molecule has 88 valence electrons. The average Bonchev–Trinajstić information content (AvgIpc) is 2.70. The van der Waals surface area contributed by atoms with Gasteiger partial charge < -0.3 is 10.3 Å². The number of benzene rings is 1. The van der Waals surface area contributed by atoms with Crippen molar-refractivity contribution in [3.05, 3.63) is 28.2 Å². The van der Waals surface area contributed by atoms with Crippen molar-refractivity contribution in [3.63, 3.8) is 0 Å². The molecule has 2 atom stereocenters. The Morgan fingerprint density at radius 1 is 1.47 bits per heavy atom. The van der Waals surface area contributed by atoms with Crippen molar-refractivity contribution in [2.75, 3.05) is 6.54 Å². The molecule has 1 saturated heterocycles. The van der Waals surface area contributed by atoms with Crippen LogP contribution in [0.25, 0.3) is 11.0 Å². The van der Waals surface area contributed by atoms with E-state index in [4.69, 9.17) is 0 Å². The first-order valence-corrected chi connectivity index (χ1v) is 6.59. The van der Waals surface area contributed by atoms with Gasteiger partial charge in [-0.3, -0.25) is 0 Å². The van der Waals surface area contributed by atoms with E-state index in [0.29, 0.717) is 10.4 Å². The highest BCUT2D eigenvalue weighted by molar-refractivity contribution is 9.10. The van der Waals surface area contributed by atoms with Gasteiger partial charge in [-0.25, -0.2) is 9.37 Å². The predicted octanol–water partition coefficient (Wildman–Crippen LogP) is 2.67. The Labute approximate surface area is 106 Å². The van der Waals surface area contributed by atoms with E-state index in [9.17, 15) is 4.39 Å². The molecule has 1 saturated carbocycles. The third-order valence-electron chi connectivity index (χ3n) is 3.98. The van der Waals surface area contributed by atoms with Crippen LogP contribution in [0.4, 0.5) is 4.39 Å². The van der Waals surface area contributed by atoms with Crippen LogP contribution >= 0.6 is 15.9 Å². The predicted molar refractivity (Wildman–Crippen MR) is 66.2 cm³/mol. The third-order valence-corrected chi connectivity index (χ3v) is 4.59. The van der Waals surface area contributed by atoms with Crippen LogP contribution in [0.1, 0.15) is 18.7 Å². The van der Waals surface area contributed by atoms with Gasteiger partial charge >= 0.3 is 0 Å². The van der Waals surface area contributed by atoms with Gasteiger partial charge in [-0.05, 0) is 47.3 Å². The highest BCUT2D eigenvalue weighted by Crippen LogP contribution is 2.56. The fourth-order valence-electron chi connectivity index (χ4n) is 2.95. The zero-order valence-corrected chi connectivity index (χ0v) is 10.6. The molecule has 1 aliphatic carbocycles. The fourth-order valence-corrected chi connectivity index (χ4v) is 3.29. The lowest BCUT2D eigenvalue weighted by atomic mass is 10.2. The molecule has 0 unspecified atom stereocenters. The molecule has 0 radical (unpaired) electrons. The minimum absolute atomic E-state index is 0.0575. The number of hydrogen-bond donors (Lipinski definition) is 2. The van der Waals surface area contributed by atoms with Crippen LogP contribution in [-0.4, -0.2) is 16.5 Å². The van der Waals surface area contributed by atoms with E-state index in [1.54, 1.807) is 6.07 Å². The van der Waals surface area contributed by atoms with Crippen LogP contribution in [0.3, 0.4) is 0 Å². The molecule has 4 rings (SSSR count). The molecule has 3 nitrogen and oxygen atoms in total. The Morgan fingerprint density at radius 2 is 2.35 bits per heavy atom. The molecule has 1 aromatic carbocycles. The number of imidazole rings is 1. The summed E-state index contributed by atoms with van der Waals surface area (Å²) in [5.74, 6) is 1.42. The zero-order valence-electron chi connectivity index (χ0n) is 9.06. The SMILES string of the molecule is Fc1cc2[nH]c([C@]34C[C@H]3CCN4)nc2cc1Br. The van der Waals surface area contributed by atoms with Gasteiger partial charge in [0.15, 0.2) is 0 Å². The molecule has 0 bridgehead atoms. The number of hydrogen-bond acceptors (Lipinski definition) is 2. The topological polar surface area (TPSA) is 40.7 Å². The van der Waals surface area contributed by atoms with Gasteiger partial charge in [-0.1, -0.05) is 0 Å². The third kappa shape index (κ3) is 1.27. The van der Waals surface area contributed by atoms with Crippen molar-refractivity contribution in [2.24, 2.45) is 5.92 Å². The summed E-state index contributed by atoms with van der Waals surface area (Å²) in [6.45, 7) is 1.06. The Bertz CT molecular complexity index is 584. The molecular formula is C12H11BrFN3. The Balaban J connectivity index is 1.88. The highest BCUT2D eigenvalue weighted by Gasteiger charge is 2.60. The summed E-state index contributed by atoms with van der Waals surface area (Å²) in [4.78, 5) is 7.85. The van der Waals surface area contributed by atoms with E-state index in [1.807, 2.05) is 0 Å². The molecule has 1 aliphatic heterocycles. The minimum atomic E-state index is -0.253. The van der Waals surface area contributed by atoms with Crippen molar-refractivity contribution in [3.8, 4) is 0 Å². The Morgan fingerprint density at radius 3 is 3.06 bits per heavy atom. The first-order chi connectivity index (χ1) is 8.19. The second kappa shape index (κ2) is 3.09. The summed E-state index contributed by atoms with van der Waals surface area (Å²) in [7, 11) is 0. The maximum Gasteiger partial charge on any atom is 0.139 e. The second-order valence-corrected chi connectivity index (χ2v) is 5.81. The summed E-state index contributed by atoms with van der Waals surface area (Å²) in [6, 6.07) is 3.23. The fraction of sp³-hybridized carbons (Fsp3) is 0.417. The number of aromatic amines is 1. The lowest BCUT2D eigenvalue weighted by Crippen LogP contribution is -2.26. The number of nitrogens with zero attached hydrogens (tertiary/aromatic N) is 1. The summed E-state index contributed by atoms with van der Waals surface area (Å²) < 4.78 is 13.9. The van der Waals surface area contributed by atoms with Gasteiger partial charge in [0.05, 0.1) is 21.0 Å². The van der Waals surface area contributed by atoms with E-state index in [-0.39, 0.29) is 11.4 Å². The Hall–Kier alpha value is -0.940. The van der Waals surface area contributed by atoms with Crippen molar-refractivity contribution in [1.82, 2.24) is 15.3 Å². The number of piperidine rings is 1.